The van der Waals surface area contributed by atoms with Crippen molar-refractivity contribution < 1.29 is 14.3 Å². The van der Waals surface area contributed by atoms with Gasteiger partial charge < -0.3 is 14.8 Å². The Bertz CT molecular complexity index is 747. The van der Waals surface area contributed by atoms with Crippen LogP contribution in [-0.2, 0) is 4.74 Å². The van der Waals surface area contributed by atoms with E-state index in [0.29, 0.717) is 10.7 Å². The Labute approximate surface area is 141 Å². The maximum absolute atomic E-state index is 12.2. The molecule has 0 saturated heterocycles. The zero-order valence-corrected chi connectivity index (χ0v) is 13.6. The van der Waals surface area contributed by atoms with Gasteiger partial charge in [-0.2, -0.15) is 9.78 Å². The highest BCUT2D eigenvalue weighted by molar-refractivity contribution is 6.31. The predicted molar refractivity (Wildman–Crippen MR) is 85.8 cm³/mol. The van der Waals surface area contributed by atoms with Gasteiger partial charge in [0.25, 0.3) is 5.56 Å². The molecule has 0 fully saturated rings. The number of hydrogen-bond acceptors (Lipinski definition) is 5. The lowest BCUT2D eigenvalue weighted by Gasteiger charge is -2.10. The number of ether oxygens (including phenoxy) is 2. The van der Waals surface area contributed by atoms with Gasteiger partial charge in [0, 0.05) is 5.02 Å². The first kappa shape index (κ1) is 17.1. The van der Waals surface area contributed by atoms with Gasteiger partial charge in [-0.15, -0.1) is 0 Å². The molecule has 122 valence electrons. The summed E-state index contributed by atoms with van der Waals surface area (Å²) in [5.41, 5.74) is 0.00706. The van der Waals surface area contributed by atoms with Crippen molar-refractivity contribution in [2.45, 2.75) is 0 Å². The van der Waals surface area contributed by atoms with Crippen LogP contribution in [0.1, 0.15) is 0 Å². The quantitative estimate of drug-likeness (QED) is 0.830. The highest BCUT2D eigenvalue weighted by Gasteiger charge is 2.12. The van der Waals surface area contributed by atoms with E-state index in [1.165, 1.54) is 13.3 Å². The molecule has 0 aliphatic heterocycles. The van der Waals surface area contributed by atoms with E-state index in [4.69, 9.17) is 27.9 Å². The number of alkyl carbamates (subject to hydrolysis) is 1. The summed E-state index contributed by atoms with van der Waals surface area (Å²) in [7, 11) is 1.26. The van der Waals surface area contributed by atoms with Crippen LogP contribution < -0.4 is 15.6 Å². The molecule has 1 aromatic heterocycles. The van der Waals surface area contributed by atoms with E-state index in [0.717, 1.165) is 4.68 Å². The summed E-state index contributed by atoms with van der Waals surface area (Å²) in [4.78, 5) is 23.1. The summed E-state index contributed by atoms with van der Waals surface area (Å²) >= 11 is 11.8. The van der Waals surface area contributed by atoms with Crippen molar-refractivity contribution in [3.8, 4) is 11.4 Å². The van der Waals surface area contributed by atoms with Gasteiger partial charge in [-0.25, -0.2) is 4.79 Å². The summed E-state index contributed by atoms with van der Waals surface area (Å²) < 4.78 is 10.9. The van der Waals surface area contributed by atoms with Crippen LogP contribution in [0, 0.1) is 0 Å². The van der Waals surface area contributed by atoms with Crippen LogP contribution in [0.4, 0.5) is 4.79 Å². The normalized spacial score (nSPS) is 10.2. The van der Waals surface area contributed by atoms with Crippen molar-refractivity contribution in [2.75, 3.05) is 20.3 Å². The fraction of sp³-hybridized carbons (Fsp3) is 0.214. The van der Waals surface area contributed by atoms with Crippen LogP contribution in [0.2, 0.25) is 10.0 Å². The Morgan fingerprint density at radius 3 is 2.65 bits per heavy atom. The van der Waals surface area contributed by atoms with Crippen molar-refractivity contribution >= 4 is 29.3 Å². The summed E-state index contributed by atoms with van der Waals surface area (Å²) in [6.45, 7) is 0.310. The first-order chi connectivity index (χ1) is 11.0. The number of carbonyl (C=O) groups excluding carboxylic acids is 1. The molecule has 0 unspecified atom stereocenters. The smallest absolute Gasteiger partial charge is 0.406 e. The molecule has 7 nitrogen and oxygen atoms in total. The monoisotopic (exact) mass is 357 g/mol. The van der Waals surface area contributed by atoms with Crippen LogP contribution in [0.15, 0.2) is 35.3 Å². The molecule has 0 bridgehead atoms. The largest absolute Gasteiger partial charge is 0.488 e. The number of halogens is 2. The van der Waals surface area contributed by atoms with Gasteiger partial charge in [-0.1, -0.05) is 23.2 Å². The molecule has 0 atom stereocenters. The molecule has 2 aromatic rings. The van der Waals surface area contributed by atoms with Gasteiger partial charge in [-0.3, -0.25) is 4.79 Å². The Balaban J connectivity index is 2.10. The highest BCUT2D eigenvalue weighted by Crippen LogP contribution is 2.19. The van der Waals surface area contributed by atoms with E-state index in [9.17, 15) is 9.59 Å². The van der Waals surface area contributed by atoms with Gasteiger partial charge in [0.1, 0.15) is 6.61 Å². The third kappa shape index (κ3) is 4.37. The minimum absolute atomic E-state index is 0.104. The van der Waals surface area contributed by atoms with E-state index < -0.39 is 11.7 Å². The van der Waals surface area contributed by atoms with Gasteiger partial charge in [0.05, 0.1) is 25.5 Å². The Morgan fingerprint density at radius 2 is 2.00 bits per heavy atom. The second-order valence-electron chi connectivity index (χ2n) is 4.28. The van der Waals surface area contributed by atoms with Crippen molar-refractivity contribution in [1.29, 1.82) is 0 Å². The summed E-state index contributed by atoms with van der Waals surface area (Å²) in [5.74, 6) is 0.133. The van der Waals surface area contributed by atoms with Crippen LogP contribution in [-0.4, -0.2) is 36.1 Å². The Hall–Kier alpha value is -2.25. The van der Waals surface area contributed by atoms with Crippen molar-refractivity contribution in [3.63, 3.8) is 0 Å². The summed E-state index contributed by atoms with van der Waals surface area (Å²) in [6, 6.07) is 6.57. The molecule has 0 radical (unpaired) electrons. The van der Waals surface area contributed by atoms with E-state index in [2.05, 4.69) is 15.2 Å². The molecule has 0 spiro atoms. The molecule has 0 aliphatic rings. The maximum atomic E-state index is 12.2. The molecule has 2 rings (SSSR count). The molecule has 1 heterocycles. The lowest BCUT2D eigenvalue weighted by molar-refractivity contribution is 0.168. The minimum atomic E-state index is -0.573. The zero-order valence-electron chi connectivity index (χ0n) is 12.1. The summed E-state index contributed by atoms with van der Waals surface area (Å²) in [6.07, 6.45) is 0.757. The van der Waals surface area contributed by atoms with Crippen molar-refractivity contribution in [2.24, 2.45) is 0 Å². The third-order valence-electron chi connectivity index (χ3n) is 2.77. The molecule has 9 heteroatoms. The number of hydrogen-bond donors (Lipinski definition) is 1. The standard InChI is InChI=1S/C14H13Cl2N3O4/c1-22-14(21)17-6-7-23-11-8-18-19(13(20)12(11)16)10-4-2-9(15)3-5-10/h2-5,8H,6-7H2,1H3,(H,17,21). The maximum Gasteiger partial charge on any atom is 0.406 e. The number of benzene rings is 1. The number of rotatable bonds is 5. The first-order valence-electron chi connectivity index (χ1n) is 6.51. The van der Waals surface area contributed by atoms with Crippen LogP contribution in [0.5, 0.6) is 5.75 Å². The molecule has 0 aliphatic carbocycles. The lowest BCUT2D eigenvalue weighted by atomic mass is 10.3. The number of nitrogens with zero attached hydrogens (tertiary/aromatic N) is 2. The molecule has 1 amide bonds. The SMILES string of the molecule is COC(=O)NCCOc1cnn(-c2ccc(Cl)cc2)c(=O)c1Cl. The Kier molecular flexibility index (Phi) is 5.84. The van der Waals surface area contributed by atoms with Gasteiger partial charge >= 0.3 is 6.09 Å². The number of nitrogens with one attached hydrogen (secondary N) is 1. The molecular weight excluding hydrogens is 345 g/mol. The van der Waals surface area contributed by atoms with Crippen molar-refractivity contribution in [1.82, 2.24) is 15.1 Å². The molecule has 1 N–H and O–H groups in total. The number of aromatic nitrogens is 2. The van der Waals surface area contributed by atoms with E-state index in [1.54, 1.807) is 24.3 Å². The fourth-order valence-electron chi connectivity index (χ4n) is 1.67. The van der Waals surface area contributed by atoms with Crippen LogP contribution >= 0.6 is 23.2 Å². The van der Waals surface area contributed by atoms with E-state index in [1.807, 2.05) is 0 Å². The average molecular weight is 358 g/mol. The second kappa shape index (κ2) is 7.85. The van der Waals surface area contributed by atoms with Gasteiger partial charge in [0.15, 0.2) is 10.8 Å². The van der Waals surface area contributed by atoms with Crippen LogP contribution in [0.25, 0.3) is 5.69 Å². The van der Waals surface area contributed by atoms with Crippen LogP contribution in [0.3, 0.4) is 0 Å². The summed E-state index contributed by atoms with van der Waals surface area (Å²) in [5, 5.41) is 6.89. The average Bonchev–Trinajstić information content (AvgIpc) is 2.56. The number of amides is 1. The third-order valence-corrected chi connectivity index (χ3v) is 3.37. The molecule has 1 aromatic carbocycles. The Morgan fingerprint density at radius 1 is 1.30 bits per heavy atom. The second-order valence-corrected chi connectivity index (χ2v) is 5.10. The molecule has 0 saturated carbocycles. The molecular formula is C14H13Cl2N3O4. The minimum Gasteiger partial charge on any atom is -0.488 e. The topological polar surface area (TPSA) is 82.4 Å². The first-order valence-corrected chi connectivity index (χ1v) is 7.27. The number of carbonyl (C=O) groups is 1. The van der Waals surface area contributed by atoms with Gasteiger partial charge in [0.2, 0.25) is 0 Å². The highest BCUT2D eigenvalue weighted by atomic mass is 35.5. The van der Waals surface area contributed by atoms with E-state index in [-0.39, 0.29) is 23.9 Å². The fourth-order valence-corrected chi connectivity index (χ4v) is 1.98. The van der Waals surface area contributed by atoms with E-state index >= 15 is 0 Å². The lowest BCUT2D eigenvalue weighted by Crippen LogP contribution is -2.28. The van der Waals surface area contributed by atoms with Crippen molar-refractivity contribution in [3.05, 3.63) is 50.9 Å². The number of methoxy groups -OCH3 is 1. The predicted octanol–water partition coefficient (Wildman–Crippen LogP) is 2.27. The zero-order chi connectivity index (χ0) is 16.8. The van der Waals surface area contributed by atoms with Gasteiger partial charge in [-0.05, 0) is 24.3 Å². The molecule has 23 heavy (non-hydrogen) atoms.